The lowest BCUT2D eigenvalue weighted by atomic mass is 10.1. The van der Waals surface area contributed by atoms with Gasteiger partial charge < -0.3 is 0 Å². The zero-order valence-electron chi connectivity index (χ0n) is 8.68. The summed E-state index contributed by atoms with van der Waals surface area (Å²) >= 11 is 0. The molecule has 0 spiro atoms. The van der Waals surface area contributed by atoms with Crippen LogP contribution in [0.15, 0.2) is 36.4 Å². The molecule has 4 heteroatoms. The topological polar surface area (TPSA) is 37.4 Å². The Hall–Kier alpha value is -1.97. The quantitative estimate of drug-likeness (QED) is 0.711. The number of amides is 2. The molecular weight excluding hydrogens is 209 g/mol. The maximum atomic E-state index is 13.5. The number of carbonyl (C=O) groups is 2. The zero-order chi connectivity index (χ0) is 11.7. The molecule has 0 saturated carbocycles. The van der Waals surface area contributed by atoms with Crippen molar-refractivity contribution in [3.8, 4) is 0 Å². The molecule has 1 aromatic carbocycles. The molecule has 0 fully saturated rings. The van der Waals surface area contributed by atoms with Gasteiger partial charge in [0.15, 0.2) is 0 Å². The number of imide groups is 1. The summed E-state index contributed by atoms with van der Waals surface area (Å²) in [5, 5.41) is 0. The first-order chi connectivity index (χ1) is 7.61. The Morgan fingerprint density at radius 2 is 1.69 bits per heavy atom. The third-order valence-corrected chi connectivity index (χ3v) is 2.59. The lowest BCUT2D eigenvalue weighted by molar-refractivity contribution is -0.139. The van der Waals surface area contributed by atoms with Crippen LogP contribution >= 0.6 is 0 Å². The zero-order valence-corrected chi connectivity index (χ0v) is 8.68. The van der Waals surface area contributed by atoms with Crippen LogP contribution in [0.2, 0.25) is 0 Å². The van der Waals surface area contributed by atoms with Crippen LogP contribution in [0, 0.1) is 5.82 Å². The van der Waals surface area contributed by atoms with Gasteiger partial charge in [0.25, 0.3) is 11.8 Å². The van der Waals surface area contributed by atoms with Gasteiger partial charge in [0, 0.05) is 17.7 Å². The number of halogens is 1. The van der Waals surface area contributed by atoms with Gasteiger partial charge in [0.2, 0.25) is 0 Å². The lowest BCUT2D eigenvalue weighted by Crippen LogP contribution is -2.33. The molecule has 82 valence electrons. The molecule has 0 aliphatic carbocycles. The highest BCUT2D eigenvalue weighted by molar-refractivity contribution is 6.13. The summed E-state index contributed by atoms with van der Waals surface area (Å²) in [7, 11) is 0. The van der Waals surface area contributed by atoms with Crippen LogP contribution in [0.25, 0.3) is 0 Å². The Morgan fingerprint density at radius 1 is 1.12 bits per heavy atom. The molecule has 0 N–H and O–H groups in total. The normalized spacial score (nSPS) is 17.0. The highest BCUT2D eigenvalue weighted by Crippen LogP contribution is 2.25. The van der Waals surface area contributed by atoms with E-state index in [-0.39, 0.29) is 0 Å². The van der Waals surface area contributed by atoms with E-state index in [1.165, 1.54) is 18.2 Å². The van der Waals surface area contributed by atoms with Gasteiger partial charge in [-0.3, -0.25) is 14.5 Å². The monoisotopic (exact) mass is 219 g/mol. The molecule has 2 amide bonds. The Labute approximate surface area is 92.2 Å². The van der Waals surface area contributed by atoms with Gasteiger partial charge >= 0.3 is 0 Å². The minimum absolute atomic E-state index is 0.341. The van der Waals surface area contributed by atoms with Crippen molar-refractivity contribution in [2.75, 3.05) is 0 Å². The van der Waals surface area contributed by atoms with E-state index in [1.54, 1.807) is 25.1 Å². The first kappa shape index (κ1) is 10.5. The summed E-state index contributed by atoms with van der Waals surface area (Å²) in [5.74, 6) is -1.22. The number of hydrogen-bond donors (Lipinski definition) is 0. The van der Waals surface area contributed by atoms with E-state index in [4.69, 9.17) is 0 Å². The summed E-state index contributed by atoms with van der Waals surface area (Å²) in [5.41, 5.74) is 0.341. The van der Waals surface area contributed by atoms with Crippen LogP contribution in [0.5, 0.6) is 0 Å². The minimum atomic E-state index is -0.587. The third kappa shape index (κ3) is 1.62. The number of nitrogens with zero attached hydrogens (tertiary/aromatic N) is 1. The maximum Gasteiger partial charge on any atom is 0.254 e. The average Bonchev–Trinajstić information content (AvgIpc) is 2.58. The second kappa shape index (κ2) is 3.89. The summed E-state index contributed by atoms with van der Waals surface area (Å²) in [6.45, 7) is 1.63. The van der Waals surface area contributed by atoms with E-state index in [1.807, 2.05) is 0 Å². The van der Waals surface area contributed by atoms with Gasteiger partial charge in [-0.15, -0.1) is 0 Å². The Bertz CT molecular complexity index is 464. The third-order valence-electron chi connectivity index (χ3n) is 2.59. The molecular formula is C12H10FNO2. The molecule has 1 aromatic rings. The molecule has 16 heavy (non-hydrogen) atoms. The smallest absolute Gasteiger partial charge is 0.254 e. The Kier molecular flexibility index (Phi) is 2.56. The van der Waals surface area contributed by atoms with Crippen LogP contribution in [0.3, 0.4) is 0 Å². The van der Waals surface area contributed by atoms with Gasteiger partial charge in [-0.05, 0) is 13.0 Å². The van der Waals surface area contributed by atoms with Gasteiger partial charge in [-0.2, -0.15) is 0 Å². The molecule has 1 aliphatic rings. The van der Waals surface area contributed by atoms with E-state index in [9.17, 15) is 14.0 Å². The van der Waals surface area contributed by atoms with Gasteiger partial charge in [0.05, 0.1) is 6.04 Å². The van der Waals surface area contributed by atoms with E-state index >= 15 is 0 Å². The minimum Gasteiger partial charge on any atom is -0.269 e. The van der Waals surface area contributed by atoms with Gasteiger partial charge in [-0.25, -0.2) is 4.39 Å². The molecule has 1 unspecified atom stereocenters. The van der Waals surface area contributed by atoms with Crippen molar-refractivity contribution in [1.29, 1.82) is 0 Å². The van der Waals surface area contributed by atoms with Crippen LogP contribution in [-0.4, -0.2) is 16.7 Å². The molecule has 0 radical (unpaired) electrons. The maximum absolute atomic E-state index is 13.5. The fraction of sp³-hybridized carbons (Fsp3) is 0.167. The van der Waals surface area contributed by atoms with Crippen molar-refractivity contribution < 1.29 is 14.0 Å². The van der Waals surface area contributed by atoms with E-state index < -0.39 is 23.7 Å². The molecule has 1 atom stereocenters. The average molecular weight is 219 g/mol. The highest BCUT2D eigenvalue weighted by atomic mass is 19.1. The van der Waals surface area contributed by atoms with Crippen LogP contribution in [-0.2, 0) is 9.59 Å². The van der Waals surface area contributed by atoms with E-state index in [0.29, 0.717) is 5.56 Å². The largest absolute Gasteiger partial charge is 0.269 e. The predicted octanol–water partition coefficient (Wildman–Crippen LogP) is 1.81. The summed E-state index contributed by atoms with van der Waals surface area (Å²) < 4.78 is 13.5. The standard InChI is InChI=1S/C12H10FNO2/c1-8(9-4-2-3-5-10(9)13)14-11(15)6-7-12(14)16/h2-8H,1H3. The number of benzene rings is 1. The second-order valence-corrected chi connectivity index (χ2v) is 3.58. The van der Waals surface area contributed by atoms with E-state index in [0.717, 1.165) is 4.90 Å². The van der Waals surface area contributed by atoms with Crippen molar-refractivity contribution >= 4 is 11.8 Å². The Balaban J connectivity index is 2.33. The lowest BCUT2D eigenvalue weighted by Gasteiger charge is -2.22. The molecule has 0 saturated heterocycles. The van der Waals surface area contributed by atoms with Crippen molar-refractivity contribution in [1.82, 2.24) is 4.90 Å². The SMILES string of the molecule is CC(c1ccccc1F)N1C(=O)C=CC1=O. The molecule has 0 aromatic heterocycles. The first-order valence-corrected chi connectivity index (χ1v) is 4.91. The molecule has 1 heterocycles. The summed E-state index contributed by atoms with van der Waals surface area (Å²) in [6.07, 6.45) is 2.39. The molecule has 0 bridgehead atoms. The van der Waals surface area contributed by atoms with Crippen LogP contribution in [0.4, 0.5) is 4.39 Å². The number of carbonyl (C=O) groups excluding carboxylic acids is 2. The van der Waals surface area contributed by atoms with Gasteiger partial charge in [0.1, 0.15) is 5.82 Å². The van der Waals surface area contributed by atoms with Crippen molar-refractivity contribution in [2.24, 2.45) is 0 Å². The number of hydrogen-bond acceptors (Lipinski definition) is 2. The molecule has 2 rings (SSSR count). The molecule has 1 aliphatic heterocycles. The predicted molar refractivity (Wildman–Crippen MR) is 55.8 cm³/mol. The second-order valence-electron chi connectivity index (χ2n) is 3.58. The summed E-state index contributed by atoms with van der Waals surface area (Å²) in [4.78, 5) is 23.9. The summed E-state index contributed by atoms with van der Waals surface area (Å²) in [6, 6.07) is 5.53. The van der Waals surface area contributed by atoms with Crippen molar-refractivity contribution in [3.05, 3.63) is 47.8 Å². The fourth-order valence-corrected chi connectivity index (χ4v) is 1.75. The first-order valence-electron chi connectivity index (χ1n) is 4.91. The highest BCUT2D eigenvalue weighted by Gasteiger charge is 2.30. The Morgan fingerprint density at radius 3 is 2.25 bits per heavy atom. The van der Waals surface area contributed by atoms with Crippen molar-refractivity contribution in [2.45, 2.75) is 13.0 Å². The van der Waals surface area contributed by atoms with E-state index in [2.05, 4.69) is 0 Å². The van der Waals surface area contributed by atoms with Gasteiger partial charge in [-0.1, -0.05) is 18.2 Å². The van der Waals surface area contributed by atoms with Crippen LogP contribution in [0.1, 0.15) is 18.5 Å². The number of rotatable bonds is 2. The van der Waals surface area contributed by atoms with Crippen molar-refractivity contribution in [3.63, 3.8) is 0 Å². The molecule has 3 nitrogen and oxygen atoms in total. The fourth-order valence-electron chi connectivity index (χ4n) is 1.75. The van der Waals surface area contributed by atoms with Crippen LogP contribution < -0.4 is 0 Å².